The van der Waals surface area contributed by atoms with Crippen LogP contribution in [0.2, 0.25) is 0 Å². The zero-order valence-corrected chi connectivity index (χ0v) is 10.5. The van der Waals surface area contributed by atoms with Gasteiger partial charge in [0.1, 0.15) is 5.75 Å². The minimum Gasteiger partial charge on any atom is -0.406 e. The van der Waals surface area contributed by atoms with Crippen molar-refractivity contribution in [2.75, 3.05) is 13.1 Å². The average Bonchev–Trinajstić information content (AvgIpc) is 2.36. The molecule has 0 saturated carbocycles. The molecule has 0 aliphatic rings. The van der Waals surface area contributed by atoms with Gasteiger partial charge in [-0.05, 0) is 17.7 Å². The Balaban J connectivity index is 2.38. The number of nitrogens with one attached hydrogen (secondary N) is 2. The summed E-state index contributed by atoms with van der Waals surface area (Å²) in [4.78, 5) is 11.3. The third-order valence-corrected chi connectivity index (χ3v) is 2.16. The largest absolute Gasteiger partial charge is 0.573 e. The number of amides is 1. The quantitative estimate of drug-likeness (QED) is 0.614. The van der Waals surface area contributed by atoms with Crippen molar-refractivity contribution in [1.82, 2.24) is 10.6 Å². The fourth-order valence-corrected chi connectivity index (χ4v) is 1.32. The smallest absolute Gasteiger partial charge is 0.406 e. The molecule has 0 aromatic heterocycles. The summed E-state index contributed by atoms with van der Waals surface area (Å²) in [6.45, 7) is 0.583. The van der Waals surface area contributed by atoms with Crippen LogP contribution in [0.1, 0.15) is 5.56 Å². The van der Waals surface area contributed by atoms with E-state index in [0.717, 1.165) is 0 Å². The number of terminal acetylenes is 1. The number of carbonyl (C=O) groups excluding carboxylic acids is 1. The Kier molecular flexibility index (Phi) is 5.87. The zero-order chi connectivity index (χ0) is 15.0. The van der Waals surface area contributed by atoms with Gasteiger partial charge in [0.15, 0.2) is 0 Å². The number of alkyl halides is 3. The standard InChI is InChI=1S/C13H13F3N2O2/c1-2-7-17-9-12(19)18-8-10-3-5-11(6-4-10)20-13(14,15)16/h1,3-6,17H,7-9H2,(H,18,19). The topological polar surface area (TPSA) is 50.4 Å². The van der Waals surface area contributed by atoms with Gasteiger partial charge >= 0.3 is 6.36 Å². The van der Waals surface area contributed by atoms with Crippen molar-refractivity contribution >= 4 is 5.91 Å². The molecule has 0 atom stereocenters. The molecule has 0 aliphatic carbocycles. The Morgan fingerprint density at radius 3 is 2.50 bits per heavy atom. The molecule has 108 valence electrons. The lowest BCUT2D eigenvalue weighted by Gasteiger charge is -2.09. The first kappa shape index (κ1) is 15.9. The molecule has 1 aromatic rings. The molecule has 1 amide bonds. The van der Waals surface area contributed by atoms with Crippen LogP contribution in [-0.4, -0.2) is 25.4 Å². The Hall–Kier alpha value is -2.20. The average molecular weight is 286 g/mol. The second kappa shape index (κ2) is 7.40. The van der Waals surface area contributed by atoms with Gasteiger partial charge in [0.05, 0.1) is 13.1 Å². The third kappa shape index (κ3) is 6.66. The lowest BCUT2D eigenvalue weighted by molar-refractivity contribution is -0.274. The summed E-state index contributed by atoms with van der Waals surface area (Å²) in [5.41, 5.74) is 0.657. The fourth-order valence-electron chi connectivity index (χ4n) is 1.32. The molecule has 0 saturated heterocycles. The van der Waals surface area contributed by atoms with E-state index in [2.05, 4.69) is 21.3 Å². The first-order valence-electron chi connectivity index (χ1n) is 5.66. The Labute approximate surface area is 114 Å². The van der Waals surface area contributed by atoms with Gasteiger partial charge < -0.3 is 10.1 Å². The molecule has 0 spiro atoms. The number of hydrogen-bond acceptors (Lipinski definition) is 3. The number of ether oxygens (including phenoxy) is 1. The van der Waals surface area contributed by atoms with Crippen molar-refractivity contribution in [1.29, 1.82) is 0 Å². The second-order valence-electron chi connectivity index (χ2n) is 3.78. The molecule has 0 aliphatic heterocycles. The molecule has 0 radical (unpaired) electrons. The minimum absolute atomic E-state index is 0.0828. The first-order chi connectivity index (χ1) is 9.40. The molecule has 0 unspecified atom stereocenters. The summed E-state index contributed by atoms with van der Waals surface area (Å²) >= 11 is 0. The lowest BCUT2D eigenvalue weighted by atomic mass is 10.2. The molecule has 20 heavy (non-hydrogen) atoms. The first-order valence-corrected chi connectivity index (χ1v) is 5.66. The van der Waals surface area contributed by atoms with Crippen LogP contribution in [0.4, 0.5) is 13.2 Å². The maximum Gasteiger partial charge on any atom is 0.573 e. The summed E-state index contributed by atoms with van der Waals surface area (Å²) in [7, 11) is 0. The second-order valence-corrected chi connectivity index (χ2v) is 3.78. The van der Waals surface area contributed by atoms with Crippen LogP contribution in [0.3, 0.4) is 0 Å². The van der Waals surface area contributed by atoms with Crippen molar-refractivity contribution in [3.05, 3.63) is 29.8 Å². The number of halogens is 3. The van der Waals surface area contributed by atoms with Gasteiger partial charge in [-0.1, -0.05) is 18.1 Å². The highest BCUT2D eigenvalue weighted by Crippen LogP contribution is 2.22. The van der Waals surface area contributed by atoms with Crippen molar-refractivity contribution in [3.8, 4) is 18.1 Å². The molecule has 7 heteroatoms. The van der Waals surface area contributed by atoms with Crippen LogP contribution in [0, 0.1) is 12.3 Å². The van der Waals surface area contributed by atoms with Gasteiger partial charge in [-0.2, -0.15) is 0 Å². The Morgan fingerprint density at radius 2 is 1.95 bits per heavy atom. The number of carbonyl (C=O) groups is 1. The minimum atomic E-state index is -4.71. The number of rotatable bonds is 6. The predicted molar refractivity (Wildman–Crippen MR) is 66.7 cm³/mol. The van der Waals surface area contributed by atoms with E-state index in [1.54, 1.807) is 0 Å². The molecule has 0 heterocycles. The highest BCUT2D eigenvalue weighted by molar-refractivity contribution is 5.77. The summed E-state index contributed by atoms with van der Waals surface area (Å²) in [5, 5.41) is 5.31. The number of benzene rings is 1. The molecule has 1 aromatic carbocycles. The monoisotopic (exact) mass is 286 g/mol. The van der Waals surface area contributed by atoms with E-state index in [1.165, 1.54) is 24.3 Å². The van der Waals surface area contributed by atoms with E-state index in [0.29, 0.717) is 5.56 Å². The zero-order valence-electron chi connectivity index (χ0n) is 10.5. The van der Waals surface area contributed by atoms with Gasteiger partial charge in [0.2, 0.25) is 5.91 Å². The Morgan fingerprint density at radius 1 is 1.30 bits per heavy atom. The van der Waals surface area contributed by atoms with E-state index in [9.17, 15) is 18.0 Å². The number of hydrogen-bond donors (Lipinski definition) is 2. The summed E-state index contributed by atoms with van der Waals surface area (Å²) in [6.07, 6.45) is 0.292. The van der Waals surface area contributed by atoms with E-state index < -0.39 is 6.36 Å². The van der Waals surface area contributed by atoms with Crippen molar-refractivity contribution < 1.29 is 22.7 Å². The fraction of sp³-hybridized carbons (Fsp3) is 0.308. The van der Waals surface area contributed by atoms with Crippen LogP contribution in [-0.2, 0) is 11.3 Å². The van der Waals surface area contributed by atoms with Crippen molar-refractivity contribution in [2.24, 2.45) is 0 Å². The molecule has 4 nitrogen and oxygen atoms in total. The van der Waals surface area contributed by atoms with Crippen LogP contribution in [0.5, 0.6) is 5.75 Å². The molecular formula is C13H13F3N2O2. The van der Waals surface area contributed by atoms with Crippen LogP contribution in [0.25, 0.3) is 0 Å². The van der Waals surface area contributed by atoms with Gasteiger partial charge in [-0.25, -0.2) is 0 Å². The summed E-state index contributed by atoms with van der Waals surface area (Å²) < 4.78 is 39.6. The SMILES string of the molecule is C#CCNCC(=O)NCc1ccc(OC(F)(F)F)cc1. The van der Waals surface area contributed by atoms with Crippen LogP contribution in [0.15, 0.2) is 24.3 Å². The maximum absolute atomic E-state index is 11.9. The van der Waals surface area contributed by atoms with Gasteiger partial charge in [0, 0.05) is 6.54 Å². The van der Waals surface area contributed by atoms with E-state index in [4.69, 9.17) is 6.42 Å². The normalized spacial score (nSPS) is 10.7. The highest BCUT2D eigenvalue weighted by atomic mass is 19.4. The van der Waals surface area contributed by atoms with Gasteiger partial charge in [0.25, 0.3) is 0 Å². The molecule has 2 N–H and O–H groups in total. The maximum atomic E-state index is 11.9. The molecule has 0 fully saturated rings. The summed E-state index contributed by atoms with van der Waals surface area (Å²) in [5.74, 6) is 1.77. The molecular weight excluding hydrogens is 273 g/mol. The predicted octanol–water partition coefficient (Wildman–Crippen LogP) is 1.42. The molecule has 0 bridgehead atoms. The molecule has 1 rings (SSSR count). The van der Waals surface area contributed by atoms with Crippen molar-refractivity contribution in [2.45, 2.75) is 12.9 Å². The van der Waals surface area contributed by atoms with E-state index in [1.807, 2.05) is 0 Å². The Bertz CT molecular complexity index is 478. The van der Waals surface area contributed by atoms with Gasteiger partial charge in [-0.3, -0.25) is 10.1 Å². The van der Waals surface area contributed by atoms with E-state index >= 15 is 0 Å². The third-order valence-electron chi connectivity index (χ3n) is 2.16. The van der Waals surface area contributed by atoms with Crippen molar-refractivity contribution in [3.63, 3.8) is 0 Å². The highest BCUT2D eigenvalue weighted by Gasteiger charge is 2.30. The summed E-state index contributed by atoms with van der Waals surface area (Å²) in [6, 6.07) is 5.25. The van der Waals surface area contributed by atoms with E-state index in [-0.39, 0.29) is 31.3 Å². The lowest BCUT2D eigenvalue weighted by Crippen LogP contribution is -2.33. The van der Waals surface area contributed by atoms with Gasteiger partial charge in [-0.15, -0.1) is 19.6 Å². The van der Waals surface area contributed by atoms with Crippen LogP contribution < -0.4 is 15.4 Å². The van der Waals surface area contributed by atoms with Crippen LogP contribution >= 0.6 is 0 Å².